The fourth-order valence-electron chi connectivity index (χ4n) is 2.03. The standard InChI is InChI=1S/C13H18N6O/c1-14-10-8-19-7-6-16-12(19)11(18-10)15-4-5-17-13(20)9-2-3-9/h6-9,14H,2-5H2,1H3,(H,15,18)(H,17,20). The smallest absolute Gasteiger partial charge is 0.223 e. The van der Waals surface area contributed by atoms with Gasteiger partial charge in [-0.25, -0.2) is 9.97 Å². The molecule has 1 aliphatic rings. The quantitative estimate of drug-likeness (QED) is 0.676. The number of carbonyl (C=O) groups is 1. The molecule has 2 aromatic rings. The van der Waals surface area contributed by atoms with Gasteiger partial charge in [-0.3, -0.25) is 4.79 Å². The predicted octanol–water partition coefficient (Wildman–Crippen LogP) is 0.709. The summed E-state index contributed by atoms with van der Waals surface area (Å²) in [7, 11) is 1.82. The first kappa shape index (κ1) is 12.7. The van der Waals surface area contributed by atoms with Crippen LogP contribution in [0.15, 0.2) is 18.6 Å². The largest absolute Gasteiger partial charge is 0.372 e. The Hall–Kier alpha value is -2.31. The number of aromatic nitrogens is 3. The van der Waals surface area contributed by atoms with E-state index in [-0.39, 0.29) is 11.8 Å². The van der Waals surface area contributed by atoms with Gasteiger partial charge in [0.15, 0.2) is 11.5 Å². The molecule has 20 heavy (non-hydrogen) atoms. The monoisotopic (exact) mass is 274 g/mol. The van der Waals surface area contributed by atoms with E-state index in [0.717, 1.165) is 24.3 Å². The van der Waals surface area contributed by atoms with Crippen LogP contribution in [0.25, 0.3) is 5.65 Å². The van der Waals surface area contributed by atoms with Crippen LogP contribution >= 0.6 is 0 Å². The van der Waals surface area contributed by atoms with Gasteiger partial charge in [-0.1, -0.05) is 0 Å². The second-order valence-corrected chi connectivity index (χ2v) is 4.87. The van der Waals surface area contributed by atoms with Gasteiger partial charge in [-0.05, 0) is 12.8 Å². The first-order valence-corrected chi connectivity index (χ1v) is 6.81. The van der Waals surface area contributed by atoms with Gasteiger partial charge >= 0.3 is 0 Å². The maximum Gasteiger partial charge on any atom is 0.223 e. The number of anilines is 2. The van der Waals surface area contributed by atoms with Crippen LogP contribution in [-0.4, -0.2) is 40.4 Å². The Morgan fingerprint density at radius 3 is 3.05 bits per heavy atom. The minimum Gasteiger partial charge on any atom is -0.372 e. The lowest BCUT2D eigenvalue weighted by Gasteiger charge is -2.10. The molecule has 1 saturated carbocycles. The highest BCUT2D eigenvalue weighted by molar-refractivity contribution is 5.80. The van der Waals surface area contributed by atoms with Crippen molar-refractivity contribution in [2.75, 3.05) is 30.8 Å². The lowest BCUT2D eigenvalue weighted by Crippen LogP contribution is -2.30. The molecule has 0 saturated heterocycles. The summed E-state index contributed by atoms with van der Waals surface area (Å²) in [6.45, 7) is 1.22. The number of fused-ring (bicyclic) bond motifs is 1. The molecule has 3 N–H and O–H groups in total. The van der Waals surface area contributed by atoms with Crippen LogP contribution in [0.4, 0.5) is 11.6 Å². The molecule has 1 amide bonds. The third kappa shape index (κ3) is 2.66. The number of imidazole rings is 1. The lowest BCUT2D eigenvalue weighted by atomic mass is 10.4. The number of nitrogens with one attached hydrogen (secondary N) is 3. The Morgan fingerprint density at radius 1 is 1.45 bits per heavy atom. The second-order valence-electron chi connectivity index (χ2n) is 4.87. The number of rotatable bonds is 6. The Kier molecular flexibility index (Phi) is 3.41. The van der Waals surface area contributed by atoms with Crippen LogP contribution < -0.4 is 16.0 Å². The summed E-state index contributed by atoms with van der Waals surface area (Å²) in [6, 6.07) is 0. The molecule has 106 valence electrons. The number of amides is 1. The van der Waals surface area contributed by atoms with Crippen molar-refractivity contribution >= 4 is 23.2 Å². The van der Waals surface area contributed by atoms with E-state index in [0.29, 0.717) is 18.9 Å². The Bertz CT molecular complexity index is 618. The average Bonchev–Trinajstić information content (AvgIpc) is 3.21. The average molecular weight is 274 g/mol. The summed E-state index contributed by atoms with van der Waals surface area (Å²) in [5.74, 6) is 1.89. The molecule has 0 aliphatic heterocycles. The van der Waals surface area contributed by atoms with Gasteiger partial charge in [0.25, 0.3) is 0 Å². The van der Waals surface area contributed by atoms with Crippen LogP contribution in [0.3, 0.4) is 0 Å². The van der Waals surface area contributed by atoms with E-state index < -0.39 is 0 Å². The Morgan fingerprint density at radius 2 is 2.30 bits per heavy atom. The summed E-state index contributed by atoms with van der Waals surface area (Å²) < 4.78 is 1.91. The van der Waals surface area contributed by atoms with Gasteiger partial charge < -0.3 is 20.4 Å². The zero-order valence-electron chi connectivity index (χ0n) is 11.4. The van der Waals surface area contributed by atoms with Crippen molar-refractivity contribution in [2.24, 2.45) is 5.92 Å². The zero-order chi connectivity index (χ0) is 13.9. The topological polar surface area (TPSA) is 83.4 Å². The van der Waals surface area contributed by atoms with Crippen LogP contribution in [0.5, 0.6) is 0 Å². The second kappa shape index (κ2) is 5.36. The third-order valence-corrected chi connectivity index (χ3v) is 3.30. The highest BCUT2D eigenvalue weighted by Gasteiger charge is 2.28. The van der Waals surface area contributed by atoms with E-state index in [1.165, 1.54) is 0 Å². The van der Waals surface area contributed by atoms with Gasteiger partial charge in [-0.15, -0.1) is 0 Å². The Labute approximate surface area is 116 Å². The number of nitrogens with zero attached hydrogens (tertiary/aromatic N) is 3. The molecule has 0 radical (unpaired) electrons. The lowest BCUT2D eigenvalue weighted by molar-refractivity contribution is -0.122. The SMILES string of the molecule is CNc1cn2ccnc2c(NCCNC(=O)C2CC2)n1. The van der Waals surface area contributed by atoms with Crippen molar-refractivity contribution in [1.82, 2.24) is 19.7 Å². The van der Waals surface area contributed by atoms with E-state index in [2.05, 4.69) is 25.9 Å². The van der Waals surface area contributed by atoms with Gasteiger partial charge in [0.2, 0.25) is 5.91 Å². The van der Waals surface area contributed by atoms with Crippen LogP contribution in [0, 0.1) is 5.92 Å². The van der Waals surface area contributed by atoms with Crippen LogP contribution in [0.2, 0.25) is 0 Å². The highest BCUT2D eigenvalue weighted by atomic mass is 16.2. The maximum atomic E-state index is 11.5. The van der Waals surface area contributed by atoms with Crippen molar-refractivity contribution in [3.05, 3.63) is 18.6 Å². The molecule has 2 aromatic heterocycles. The molecule has 1 aliphatic carbocycles. The Balaban J connectivity index is 1.61. The normalized spacial score (nSPS) is 14.2. The maximum absolute atomic E-state index is 11.5. The van der Waals surface area contributed by atoms with Crippen molar-refractivity contribution in [1.29, 1.82) is 0 Å². The fraction of sp³-hybridized carbons (Fsp3) is 0.462. The van der Waals surface area contributed by atoms with E-state index in [1.807, 2.05) is 23.8 Å². The molecule has 2 heterocycles. The third-order valence-electron chi connectivity index (χ3n) is 3.30. The molecule has 3 rings (SSSR count). The molecular formula is C13H18N6O. The van der Waals surface area contributed by atoms with E-state index >= 15 is 0 Å². The number of carbonyl (C=O) groups excluding carboxylic acids is 1. The molecule has 1 fully saturated rings. The van der Waals surface area contributed by atoms with Crippen molar-refractivity contribution in [3.63, 3.8) is 0 Å². The first-order valence-electron chi connectivity index (χ1n) is 6.81. The first-order chi connectivity index (χ1) is 9.78. The van der Waals surface area contributed by atoms with Gasteiger partial charge in [0.1, 0.15) is 5.82 Å². The molecule has 7 nitrogen and oxygen atoms in total. The van der Waals surface area contributed by atoms with Crippen LogP contribution in [0.1, 0.15) is 12.8 Å². The summed E-state index contributed by atoms with van der Waals surface area (Å²) in [4.78, 5) is 20.2. The molecule has 0 aromatic carbocycles. The van der Waals surface area contributed by atoms with E-state index in [9.17, 15) is 4.79 Å². The predicted molar refractivity (Wildman–Crippen MR) is 76.8 cm³/mol. The van der Waals surface area contributed by atoms with Crippen LogP contribution in [-0.2, 0) is 4.79 Å². The molecule has 0 spiro atoms. The summed E-state index contributed by atoms with van der Waals surface area (Å²) in [5.41, 5.74) is 0.775. The van der Waals surface area contributed by atoms with E-state index in [1.54, 1.807) is 6.20 Å². The van der Waals surface area contributed by atoms with Crippen molar-refractivity contribution in [2.45, 2.75) is 12.8 Å². The molecule has 0 unspecified atom stereocenters. The number of hydrogen-bond donors (Lipinski definition) is 3. The summed E-state index contributed by atoms with van der Waals surface area (Å²) in [5, 5.41) is 9.14. The molecule has 0 atom stereocenters. The molecule has 0 bridgehead atoms. The highest BCUT2D eigenvalue weighted by Crippen LogP contribution is 2.28. The van der Waals surface area contributed by atoms with Gasteiger partial charge in [0, 0.05) is 38.4 Å². The van der Waals surface area contributed by atoms with Gasteiger partial charge in [-0.2, -0.15) is 0 Å². The zero-order valence-corrected chi connectivity index (χ0v) is 11.4. The minimum absolute atomic E-state index is 0.162. The van der Waals surface area contributed by atoms with E-state index in [4.69, 9.17) is 0 Å². The molecular weight excluding hydrogens is 256 g/mol. The molecule has 7 heteroatoms. The minimum atomic E-state index is 0.162. The number of hydrogen-bond acceptors (Lipinski definition) is 5. The fourth-order valence-corrected chi connectivity index (χ4v) is 2.03. The summed E-state index contributed by atoms with van der Waals surface area (Å²) >= 11 is 0. The van der Waals surface area contributed by atoms with Gasteiger partial charge in [0.05, 0.1) is 6.20 Å². The summed E-state index contributed by atoms with van der Waals surface area (Å²) in [6.07, 6.45) is 7.54. The van der Waals surface area contributed by atoms with Crippen molar-refractivity contribution in [3.8, 4) is 0 Å². The van der Waals surface area contributed by atoms with Crippen molar-refractivity contribution < 1.29 is 4.79 Å².